The van der Waals surface area contributed by atoms with Crippen molar-refractivity contribution in [1.29, 1.82) is 0 Å². The molecule has 0 saturated carbocycles. The first-order valence-corrected chi connectivity index (χ1v) is 7.61. The zero-order chi connectivity index (χ0) is 14.9. The van der Waals surface area contributed by atoms with E-state index in [9.17, 15) is 4.79 Å². The summed E-state index contributed by atoms with van der Waals surface area (Å²) in [5.41, 5.74) is 2.26. The van der Waals surface area contributed by atoms with Gasteiger partial charge in [-0.25, -0.2) is 0 Å². The highest BCUT2D eigenvalue weighted by Crippen LogP contribution is 2.15. The molecule has 2 N–H and O–H groups in total. The van der Waals surface area contributed by atoms with Gasteiger partial charge in [-0.05, 0) is 31.0 Å². The third-order valence-corrected chi connectivity index (χ3v) is 3.43. The summed E-state index contributed by atoms with van der Waals surface area (Å²) in [5, 5.41) is 7.24. The molecule has 4 nitrogen and oxygen atoms in total. The SMILES string of the molecule is CCCCNC(=O)CNCCc1cccc2cccnc12. The normalized spacial score (nSPS) is 10.7. The first kappa shape index (κ1) is 15.4. The average Bonchev–Trinajstić information content (AvgIpc) is 2.52. The molecule has 21 heavy (non-hydrogen) atoms. The summed E-state index contributed by atoms with van der Waals surface area (Å²) in [7, 11) is 0. The van der Waals surface area contributed by atoms with Crippen LogP contribution in [0.1, 0.15) is 25.3 Å². The van der Waals surface area contributed by atoms with Gasteiger partial charge in [0.15, 0.2) is 0 Å². The standard InChI is InChI=1S/C17H23N3O/c1-2-3-10-19-16(21)13-18-12-9-15-7-4-6-14-8-5-11-20-17(14)15/h4-8,11,18H,2-3,9-10,12-13H2,1H3,(H,19,21). The van der Waals surface area contributed by atoms with Crippen molar-refractivity contribution in [1.82, 2.24) is 15.6 Å². The van der Waals surface area contributed by atoms with E-state index in [1.54, 1.807) is 0 Å². The Morgan fingerprint density at radius 1 is 1.19 bits per heavy atom. The molecule has 2 aromatic rings. The number of para-hydroxylation sites is 1. The minimum atomic E-state index is 0.0690. The maximum absolute atomic E-state index is 11.6. The highest BCUT2D eigenvalue weighted by atomic mass is 16.1. The zero-order valence-corrected chi connectivity index (χ0v) is 12.6. The minimum Gasteiger partial charge on any atom is -0.355 e. The quantitative estimate of drug-likeness (QED) is 0.732. The number of unbranched alkanes of at least 4 members (excludes halogenated alkanes) is 1. The molecule has 1 amide bonds. The van der Waals surface area contributed by atoms with Gasteiger partial charge >= 0.3 is 0 Å². The van der Waals surface area contributed by atoms with Gasteiger partial charge in [-0.1, -0.05) is 37.6 Å². The van der Waals surface area contributed by atoms with Crippen molar-refractivity contribution < 1.29 is 4.79 Å². The molecule has 0 aliphatic carbocycles. The molecular weight excluding hydrogens is 262 g/mol. The van der Waals surface area contributed by atoms with Crippen LogP contribution in [0.2, 0.25) is 0 Å². The number of fused-ring (bicyclic) bond motifs is 1. The molecule has 0 aliphatic heterocycles. The molecule has 1 aromatic heterocycles. The van der Waals surface area contributed by atoms with Crippen LogP contribution in [0.15, 0.2) is 36.5 Å². The molecule has 1 aromatic carbocycles. The maximum atomic E-state index is 11.6. The number of pyridine rings is 1. The highest BCUT2D eigenvalue weighted by Gasteiger charge is 2.03. The van der Waals surface area contributed by atoms with Crippen LogP contribution in [0.5, 0.6) is 0 Å². The Labute approximate surface area is 126 Å². The largest absolute Gasteiger partial charge is 0.355 e. The van der Waals surface area contributed by atoms with E-state index >= 15 is 0 Å². The molecule has 0 saturated heterocycles. The van der Waals surface area contributed by atoms with Gasteiger partial charge in [0.05, 0.1) is 12.1 Å². The van der Waals surface area contributed by atoms with Gasteiger partial charge in [0, 0.05) is 18.1 Å². The van der Waals surface area contributed by atoms with Crippen molar-refractivity contribution in [2.24, 2.45) is 0 Å². The number of nitrogens with zero attached hydrogens (tertiary/aromatic N) is 1. The van der Waals surface area contributed by atoms with E-state index in [4.69, 9.17) is 0 Å². The molecule has 0 bridgehead atoms. The zero-order valence-electron chi connectivity index (χ0n) is 12.6. The number of rotatable bonds is 8. The van der Waals surface area contributed by atoms with Crippen molar-refractivity contribution in [3.63, 3.8) is 0 Å². The Hall–Kier alpha value is -1.94. The lowest BCUT2D eigenvalue weighted by Gasteiger charge is -2.08. The molecule has 1 heterocycles. The third kappa shape index (κ3) is 4.83. The molecule has 0 atom stereocenters. The van der Waals surface area contributed by atoms with E-state index < -0.39 is 0 Å². The predicted molar refractivity (Wildman–Crippen MR) is 86.2 cm³/mol. The fourth-order valence-electron chi connectivity index (χ4n) is 2.26. The summed E-state index contributed by atoms with van der Waals surface area (Å²) in [6, 6.07) is 10.2. The molecule has 0 spiro atoms. The summed E-state index contributed by atoms with van der Waals surface area (Å²) < 4.78 is 0. The average molecular weight is 285 g/mol. The van der Waals surface area contributed by atoms with Crippen molar-refractivity contribution in [3.05, 3.63) is 42.1 Å². The molecule has 2 rings (SSSR count). The highest BCUT2D eigenvalue weighted by molar-refractivity contribution is 5.81. The Morgan fingerprint density at radius 2 is 2.05 bits per heavy atom. The lowest BCUT2D eigenvalue weighted by Crippen LogP contribution is -2.35. The Kier molecular flexibility index (Phi) is 6.16. The summed E-state index contributed by atoms with van der Waals surface area (Å²) in [5.74, 6) is 0.0690. The monoisotopic (exact) mass is 285 g/mol. The summed E-state index contributed by atoms with van der Waals surface area (Å²) in [6.07, 6.45) is 4.83. The van der Waals surface area contributed by atoms with E-state index in [0.717, 1.165) is 43.3 Å². The van der Waals surface area contributed by atoms with Gasteiger partial charge in [-0.2, -0.15) is 0 Å². The number of hydrogen-bond acceptors (Lipinski definition) is 3. The minimum absolute atomic E-state index is 0.0690. The van der Waals surface area contributed by atoms with Crippen LogP contribution in [0, 0.1) is 0 Å². The topological polar surface area (TPSA) is 54.0 Å². The van der Waals surface area contributed by atoms with E-state index in [1.165, 1.54) is 5.56 Å². The van der Waals surface area contributed by atoms with Gasteiger partial charge in [-0.3, -0.25) is 9.78 Å². The Bertz CT molecular complexity index is 578. The molecule has 0 fully saturated rings. The van der Waals surface area contributed by atoms with Crippen LogP contribution in [-0.2, 0) is 11.2 Å². The molecule has 0 aliphatic rings. The molecule has 112 valence electrons. The van der Waals surface area contributed by atoms with Gasteiger partial charge in [0.1, 0.15) is 0 Å². The summed E-state index contributed by atoms with van der Waals surface area (Å²) in [4.78, 5) is 16.0. The lowest BCUT2D eigenvalue weighted by molar-refractivity contribution is -0.120. The van der Waals surface area contributed by atoms with E-state index in [2.05, 4.69) is 46.8 Å². The lowest BCUT2D eigenvalue weighted by atomic mass is 10.1. The molecule has 0 radical (unpaired) electrons. The van der Waals surface area contributed by atoms with Crippen LogP contribution in [0.4, 0.5) is 0 Å². The van der Waals surface area contributed by atoms with Gasteiger partial charge < -0.3 is 10.6 Å². The summed E-state index contributed by atoms with van der Waals surface area (Å²) >= 11 is 0. The second-order valence-corrected chi connectivity index (χ2v) is 5.12. The molecule has 4 heteroatoms. The Balaban J connectivity index is 1.76. The molecule has 0 unspecified atom stereocenters. The maximum Gasteiger partial charge on any atom is 0.233 e. The van der Waals surface area contributed by atoms with Crippen molar-refractivity contribution in [3.8, 4) is 0 Å². The van der Waals surface area contributed by atoms with Gasteiger partial charge in [-0.15, -0.1) is 0 Å². The first-order chi connectivity index (χ1) is 10.3. The number of benzene rings is 1. The van der Waals surface area contributed by atoms with Crippen molar-refractivity contribution in [2.45, 2.75) is 26.2 Å². The third-order valence-electron chi connectivity index (χ3n) is 3.43. The number of amides is 1. The van der Waals surface area contributed by atoms with Crippen molar-refractivity contribution in [2.75, 3.05) is 19.6 Å². The van der Waals surface area contributed by atoms with Crippen LogP contribution in [-0.4, -0.2) is 30.5 Å². The second-order valence-electron chi connectivity index (χ2n) is 5.12. The number of hydrogen-bond donors (Lipinski definition) is 2. The van der Waals surface area contributed by atoms with E-state index in [1.807, 2.05) is 12.3 Å². The number of carbonyl (C=O) groups is 1. The van der Waals surface area contributed by atoms with Crippen LogP contribution < -0.4 is 10.6 Å². The van der Waals surface area contributed by atoms with E-state index in [-0.39, 0.29) is 5.91 Å². The number of nitrogens with one attached hydrogen (secondary N) is 2. The van der Waals surface area contributed by atoms with Crippen LogP contribution in [0.3, 0.4) is 0 Å². The predicted octanol–water partition coefficient (Wildman–Crippen LogP) is 2.28. The number of aromatic nitrogens is 1. The first-order valence-electron chi connectivity index (χ1n) is 7.61. The van der Waals surface area contributed by atoms with Crippen LogP contribution >= 0.6 is 0 Å². The van der Waals surface area contributed by atoms with E-state index in [0.29, 0.717) is 6.54 Å². The molecular formula is C17H23N3O. The number of carbonyl (C=O) groups excluding carboxylic acids is 1. The smallest absolute Gasteiger partial charge is 0.233 e. The Morgan fingerprint density at radius 3 is 2.90 bits per heavy atom. The summed E-state index contributed by atoms with van der Waals surface area (Å²) in [6.45, 7) is 4.03. The van der Waals surface area contributed by atoms with Gasteiger partial charge in [0.25, 0.3) is 0 Å². The second kappa shape index (κ2) is 8.37. The fraction of sp³-hybridized carbons (Fsp3) is 0.412. The van der Waals surface area contributed by atoms with Crippen molar-refractivity contribution >= 4 is 16.8 Å². The van der Waals surface area contributed by atoms with Crippen LogP contribution in [0.25, 0.3) is 10.9 Å². The van der Waals surface area contributed by atoms with Gasteiger partial charge in [0.2, 0.25) is 5.91 Å². The fourth-order valence-corrected chi connectivity index (χ4v) is 2.26.